The fourth-order valence-electron chi connectivity index (χ4n) is 1.98. The normalized spacial score (nSPS) is 22.0. The topological polar surface area (TPSA) is 89.3 Å². The first-order valence-electron chi connectivity index (χ1n) is 6.16. The number of sulfone groups is 1. The minimum Gasteiger partial charge on any atom is -0.353 e. The van der Waals surface area contributed by atoms with Gasteiger partial charge in [-0.1, -0.05) is 13.3 Å². The molecular formula is C11H22N2O3S. The lowest BCUT2D eigenvalue weighted by atomic mass is 10.0. The first-order chi connectivity index (χ1) is 7.96. The summed E-state index contributed by atoms with van der Waals surface area (Å²) in [5.74, 6) is 0.590. The summed E-state index contributed by atoms with van der Waals surface area (Å²) in [5.41, 5.74) is 5.54. The fraction of sp³-hybridized carbons (Fsp3) is 0.909. The van der Waals surface area contributed by atoms with Crippen LogP contribution in [0.4, 0.5) is 0 Å². The molecule has 0 aromatic carbocycles. The quantitative estimate of drug-likeness (QED) is 0.733. The first-order valence-corrected chi connectivity index (χ1v) is 7.99. The molecule has 1 heterocycles. The average molecular weight is 262 g/mol. The van der Waals surface area contributed by atoms with Crippen LogP contribution in [0.5, 0.6) is 0 Å². The highest BCUT2D eigenvalue weighted by atomic mass is 32.2. The molecule has 1 fully saturated rings. The van der Waals surface area contributed by atoms with Crippen molar-refractivity contribution in [1.29, 1.82) is 0 Å². The van der Waals surface area contributed by atoms with Crippen molar-refractivity contribution in [3.63, 3.8) is 0 Å². The molecule has 0 saturated carbocycles. The van der Waals surface area contributed by atoms with Crippen molar-refractivity contribution in [3.05, 3.63) is 0 Å². The molecule has 0 radical (unpaired) electrons. The zero-order valence-corrected chi connectivity index (χ0v) is 11.1. The lowest BCUT2D eigenvalue weighted by molar-refractivity contribution is -0.122. The number of rotatable bonds is 5. The Bertz CT molecular complexity index is 336. The standard InChI is InChI=1S/C11H22N2O3S/c1-2-9(8-12)7-11(14)13-10-3-5-17(15,16)6-4-10/h9-10H,2-8,12H2,1H3,(H,13,14). The molecule has 0 aromatic heterocycles. The van der Waals surface area contributed by atoms with E-state index in [-0.39, 0.29) is 29.4 Å². The van der Waals surface area contributed by atoms with Gasteiger partial charge < -0.3 is 11.1 Å². The summed E-state index contributed by atoms with van der Waals surface area (Å²) in [5, 5.41) is 2.90. The van der Waals surface area contributed by atoms with Crippen LogP contribution < -0.4 is 11.1 Å². The summed E-state index contributed by atoms with van der Waals surface area (Å²) in [4.78, 5) is 11.7. The number of hydrogen-bond acceptors (Lipinski definition) is 4. The summed E-state index contributed by atoms with van der Waals surface area (Å²) in [6.07, 6.45) is 2.40. The average Bonchev–Trinajstić information content (AvgIpc) is 2.29. The molecule has 5 nitrogen and oxygen atoms in total. The maximum Gasteiger partial charge on any atom is 0.220 e. The largest absolute Gasteiger partial charge is 0.353 e. The Morgan fingerprint density at radius 3 is 2.47 bits per heavy atom. The zero-order chi connectivity index (χ0) is 12.9. The molecule has 0 aliphatic carbocycles. The van der Waals surface area contributed by atoms with Gasteiger partial charge in [0.1, 0.15) is 9.84 Å². The molecule has 3 N–H and O–H groups in total. The van der Waals surface area contributed by atoms with Crippen LogP contribution in [0, 0.1) is 5.92 Å². The second-order valence-electron chi connectivity index (χ2n) is 4.71. The summed E-state index contributed by atoms with van der Waals surface area (Å²) in [6.45, 7) is 2.53. The van der Waals surface area contributed by atoms with Gasteiger partial charge in [0, 0.05) is 12.5 Å². The molecule has 1 amide bonds. The molecule has 0 bridgehead atoms. The maximum absolute atomic E-state index is 11.7. The van der Waals surface area contributed by atoms with Crippen molar-refractivity contribution in [2.24, 2.45) is 11.7 Å². The molecule has 17 heavy (non-hydrogen) atoms. The molecule has 1 rings (SSSR count). The van der Waals surface area contributed by atoms with E-state index in [2.05, 4.69) is 5.32 Å². The Kier molecular flexibility index (Phi) is 5.39. The zero-order valence-electron chi connectivity index (χ0n) is 10.3. The second kappa shape index (κ2) is 6.35. The van der Waals surface area contributed by atoms with Crippen LogP contribution >= 0.6 is 0 Å². The number of carbonyl (C=O) groups excluding carboxylic acids is 1. The summed E-state index contributed by atoms with van der Waals surface area (Å²) in [6, 6.07) is 0.0151. The van der Waals surface area contributed by atoms with Gasteiger partial charge in [0.15, 0.2) is 0 Å². The molecular weight excluding hydrogens is 240 g/mol. The van der Waals surface area contributed by atoms with E-state index in [9.17, 15) is 13.2 Å². The van der Waals surface area contributed by atoms with Crippen molar-refractivity contribution >= 4 is 15.7 Å². The highest BCUT2D eigenvalue weighted by molar-refractivity contribution is 7.91. The number of hydrogen-bond donors (Lipinski definition) is 2. The summed E-state index contributed by atoms with van der Waals surface area (Å²) < 4.78 is 22.4. The first kappa shape index (κ1) is 14.4. The highest BCUT2D eigenvalue weighted by Gasteiger charge is 2.24. The van der Waals surface area contributed by atoms with E-state index in [1.54, 1.807) is 0 Å². The van der Waals surface area contributed by atoms with Crippen LogP contribution in [0.3, 0.4) is 0 Å². The van der Waals surface area contributed by atoms with Crippen molar-refractivity contribution in [2.45, 2.75) is 38.6 Å². The fourth-order valence-corrected chi connectivity index (χ4v) is 3.47. The van der Waals surface area contributed by atoms with Gasteiger partial charge in [-0.05, 0) is 25.3 Å². The second-order valence-corrected chi connectivity index (χ2v) is 7.01. The molecule has 1 unspecified atom stereocenters. The number of nitrogens with one attached hydrogen (secondary N) is 1. The predicted octanol–water partition coefficient (Wildman–Crippen LogP) is 0.0548. The predicted molar refractivity (Wildman–Crippen MR) is 67.3 cm³/mol. The van der Waals surface area contributed by atoms with Gasteiger partial charge in [0.25, 0.3) is 0 Å². The Labute approximate surface area is 103 Å². The van der Waals surface area contributed by atoms with E-state index < -0.39 is 9.84 Å². The SMILES string of the molecule is CCC(CN)CC(=O)NC1CCS(=O)(=O)CC1. The molecule has 1 saturated heterocycles. The van der Waals surface area contributed by atoms with Crippen LogP contribution in [0.15, 0.2) is 0 Å². The van der Waals surface area contributed by atoms with Crippen LogP contribution in [-0.2, 0) is 14.6 Å². The smallest absolute Gasteiger partial charge is 0.220 e. The van der Waals surface area contributed by atoms with Gasteiger partial charge in [0.05, 0.1) is 11.5 Å². The van der Waals surface area contributed by atoms with E-state index in [0.717, 1.165) is 6.42 Å². The number of nitrogens with two attached hydrogens (primary N) is 1. The van der Waals surface area contributed by atoms with E-state index in [4.69, 9.17) is 5.73 Å². The number of carbonyl (C=O) groups is 1. The minimum absolute atomic E-state index is 0.00778. The Balaban J connectivity index is 2.33. The summed E-state index contributed by atoms with van der Waals surface area (Å²) in [7, 11) is -2.86. The molecule has 0 aromatic rings. The van der Waals surface area contributed by atoms with E-state index in [1.807, 2.05) is 6.92 Å². The van der Waals surface area contributed by atoms with E-state index >= 15 is 0 Å². The molecule has 1 aliphatic heterocycles. The van der Waals surface area contributed by atoms with E-state index in [1.165, 1.54) is 0 Å². The van der Waals surface area contributed by atoms with Gasteiger partial charge in [0.2, 0.25) is 5.91 Å². The third-order valence-corrected chi connectivity index (χ3v) is 5.02. The van der Waals surface area contributed by atoms with Crippen molar-refractivity contribution < 1.29 is 13.2 Å². The minimum atomic E-state index is -2.86. The Hall–Kier alpha value is -0.620. The Morgan fingerprint density at radius 2 is 2.00 bits per heavy atom. The van der Waals surface area contributed by atoms with Crippen molar-refractivity contribution in [3.8, 4) is 0 Å². The summed E-state index contributed by atoms with van der Waals surface area (Å²) >= 11 is 0. The lowest BCUT2D eigenvalue weighted by Crippen LogP contribution is -2.41. The van der Waals surface area contributed by atoms with Gasteiger partial charge in [-0.15, -0.1) is 0 Å². The molecule has 1 atom stereocenters. The Morgan fingerprint density at radius 1 is 1.41 bits per heavy atom. The molecule has 100 valence electrons. The number of amides is 1. The van der Waals surface area contributed by atoms with Gasteiger partial charge in [-0.25, -0.2) is 8.42 Å². The van der Waals surface area contributed by atoms with Crippen LogP contribution in [0.25, 0.3) is 0 Å². The van der Waals surface area contributed by atoms with Gasteiger partial charge in [-0.2, -0.15) is 0 Å². The van der Waals surface area contributed by atoms with Crippen LogP contribution in [0.2, 0.25) is 0 Å². The van der Waals surface area contributed by atoms with Gasteiger partial charge in [-0.3, -0.25) is 4.79 Å². The maximum atomic E-state index is 11.7. The van der Waals surface area contributed by atoms with Crippen LogP contribution in [-0.4, -0.2) is 38.4 Å². The van der Waals surface area contributed by atoms with Crippen molar-refractivity contribution in [1.82, 2.24) is 5.32 Å². The van der Waals surface area contributed by atoms with Crippen molar-refractivity contribution in [2.75, 3.05) is 18.1 Å². The third-order valence-electron chi connectivity index (χ3n) is 3.30. The highest BCUT2D eigenvalue weighted by Crippen LogP contribution is 2.13. The van der Waals surface area contributed by atoms with Crippen LogP contribution in [0.1, 0.15) is 32.6 Å². The van der Waals surface area contributed by atoms with Gasteiger partial charge >= 0.3 is 0 Å². The molecule has 1 aliphatic rings. The van der Waals surface area contributed by atoms with E-state index in [0.29, 0.717) is 25.8 Å². The lowest BCUT2D eigenvalue weighted by Gasteiger charge is -2.23. The monoisotopic (exact) mass is 262 g/mol. The third kappa shape index (κ3) is 5.04. The molecule has 0 spiro atoms. The molecule has 6 heteroatoms.